The zero-order valence-electron chi connectivity index (χ0n) is 15.1. The monoisotopic (exact) mass is 378 g/mol. The highest BCUT2D eigenvalue weighted by atomic mass is 16.2. The second-order valence-corrected chi connectivity index (χ2v) is 6.06. The predicted octanol–water partition coefficient (Wildman–Crippen LogP) is 0.273. The summed E-state index contributed by atoms with van der Waals surface area (Å²) in [5.74, 6) is -2.55. The summed E-state index contributed by atoms with van der Waals surface area (Å²) in [6.07, 6.45) is 6.21. The van der Waals surface area contributed by atoms with Crippen LogP contribution < -0.4 is 11.1 Å². The molecule has 1 unspecified atom stereocenters. The molecule has 0 bridgehead atoms. The first kappa shape index (κ1) is 18.9. The lowest BCUT2D eigenvalue weighted by atomic mass is 10.0. The highest BCUT2D eigenvalue weighted by molar-refractivity contribution is 6.38. The number of carbonyl (C=O) groups excluding carboxylic acids is 3. The summed E-state index contributed by atoms with van der Waals surface area (Å²) in [4.78, 5) is 44.7. The second kappa shape index (κ2) is 8.21. The summed E-state index contributed by atoms with van der Waals surface area (Å²) in [5.41, 5.74) is 7.16. The Labute approximate surface area is 160 Å². The van der Waals surface area contributed by atoms with Crippen molar-refractivity contribution in [2.75, 3.05) is 0 Å². The molecular formula is C19H18N6O3. The van der Waals surface area contributed by atoms with Crippen LogP contribution in [0.2, 0.25) is 0 Å². The van der Waals surface area contributed by atoms with E-state index in [9.17, 15) is 14.4 Å². The molecule has 9 nitrogen and oxygen atoms in total. The molecule has 0 radical (unpaired) electrons. The van der Waals surface area contributed by atoms with E-state index in [0.29, 0.717) is 11.4 Å². The van der Waals surface area contributed by atoms with Crippen molar-refractivity contribution in [1.82, 2.24) is 25.1 Å². The van der Waals surface area contributed by atoms with Crippen molar-refractivity contribution in [2.45, 2.75) is 12.5 Å². The van der Waals surface area contributed by atoms with Crippen molar-refractivity contribution in [3.05, 3.63) is 66.2 Å². The normalized spacial score (nSPS) is 11.6. The SMILES string of the molecule is Cn1ncc(C(=O)NC(Cc2ccncc2)C(=O)C(N)=O)c1-c1ccccn1. The van der Waals surface area contributed by atoms with E-state index in [1.165, 1.54) is 10.9 Å². The molecule has 142 valence electrons. The van der Waals surface area contributed by atoms with Gasteiger partial charge in [0.25, 0.3) is 11.8 Å². The van der Waals surface area contributed by atoms with Gasteiger partial charge in [-0.05, 0) is 29.8 Å². The third-order valence-corrected chi connectivity index (χ3v) is 4.14. The number of pyridine rings is 2. The van der Waals surface area contributed by atoms with Crippen molar-refractivity contribution in [3.63, 3.8) is 0 Å². The quantitative estimate of drug-likeness (QED) is 0.567. The van der Waals surface area contributed by atoms with E-state index in [-0.39, 0.29) is 12.0 Å². The minimum Gasteiger partial charge on any atom is -0.363 e. The molecule has 9 heteroatoms. The molecule has 0 spiro atoms. The Balaban J connectivity index is 1.89. The van der Waals surface area contributed by atoms with E-state index in [0.717, 1.165) is 5.56 Å². The highest BCUT2D eigenvalue weighted by Crippen LogP contribution is 2.21. The molecule has 0 saturated heterocycles. The van der Waals surface area contributed by atoms with Crippen LogP contribution in [-0.4, -0.2) is 43.4 Å². The summed E-state index contributed by atoms with van der Waals surface area (Å²) in [6, 6.07) is 7.57. The van der Waals surface area contributed by atoms with Crippen molar-refractivity contribution >= 4 is 17.6 Å². The van der Waals surface area contributed by atoms with Gasteiger partial charge in [-0.2, -0.15) is 5.10 Å². The smallest absolute Gasteiger partial charge is 0.287 e. The Morgan fingerprint density at radius 3 is 2.54 bits per heavy atom. The van der Waals surface area contributed by atoms with Gasteiger partial charge in [0.05, 0.1) is 23.1 Å². The Kier molecular flexibility index (Phi) is 5.54. The van der Waals surface area contributed by atoms with Gasteiger partial charge < -0.3 is 11.1 Å². The number of carbonyl (C=O) groups is 3. The van der Waals surface area contributed by atoms with Crippen LogP contribution in [0, 0.1) is 0 Å². The number of hydrogen-bond acceptors (Lipinski definition) is 6. The number of aromatic nitrogens is 4. The summed E-state index contributed by atoms with van der Waals surface area (Å²) in [7, 11) is 1.68. The van der Waals surface area contributed by atoms with Crippen LogP contribution in [0.3, 0.4) is 0 Å². The Morgan fingerprint density at radius 2 is 1.89 bits per heavy atom. The molecule has 3 N–H and O–H groups in total. The van der Waals surface area contributed by atoms with E-state index in [4.69, 9.17) is 5.73 Å². The Bertz CT molecular complexity index is 1000. The van der Waals surface area contributed by atoms with Gasteiger partial charge in [0.2, 0.25) is 5.78 Å². The fourth-order valence-corrected chi connectivity index (χ4v) is 2.78. The molecule has 2 amide bonds. The predicted molar refractivity (Wildman–Crippen MR) is 99.8 cm³/mol. The van der Waals surface area contributed by atoms with Gasteiger partial charge >= 0.3 is 0 Å². The fourth-order valence-electron chi connectivity index (χ4n) is 2.78. The number of primary amides is 1. The van der Waals surface area contributed by atoms with Crippen molar-refractivity contribution in [1.29, 1.82) is 0 Å². The van der Waals surface area contributed by atoms with Crippen LogP contribution in [0.25, 0.3) is 11.4 Å². The number of hydrogen-bond donors (Lipinski definition) is 2. The maximum atomic E-state index is 12.9. The third-order valence-electron chi connectivity index (χ3n) is 4.14. The van der Waals surface area contributed by atoms with E-state index in [1.54, 1.807) is 56.0 Å². The van der Waals surface area contributed by atoms with E-state index >= 15 is 0 Å². The maximum absolute atomic E-state index is 12.9. The highest BCUT2D eigenvalue weighted by Gasteiger charge is 2.28. The minimum atomic E-state index is -1.12. The molecule has 3 rings (SSSR count). The topological polar surface area (TPSA) is 133 Å². The average Bonchev–Trinajstić information content (AvgIpc) is 3.09. The fraction of sp³-hybridized carbons (Fsp3) is 0.158. The molecule has 3 heterocycles. The molecule has 0 aliphatic rings. The van der Waals surface area contributed by atoms with Gasteiger partial charge in [0.15, 0.2) is 0 Å². The van der Waals surface area contributed by atoms with E-state index in [1.807, 2.05) is 0 Å². The van der Waals surface area contributed by atoms with Crippen LogP contribution in [0.4, 0.5) is 0 Å². The molecule has 1 atom stereocenters. The average molecular weight is 378 g/mol. The zero-order chi connectivity index (χ0) is 20.1. The van der Waals surface area contributed by atoms with Crippen LogP contribution >= 0.6 is 0 Å². The van der Waals surface area contributed by atoms with Gasteiger partial charge in [-0.3, -0.25) is 29.0 Å². The molecule has 0 aliphatic carbocycles. The van der Waals surface area contributed by atoms with E-state index < -0.39 is 23.6 Å². The number of Topliss-reactive ketones (excluding diaryl/α,β-unsaturated/α-hetero) is 1. The van der Waals surface area contributed by atoms with Gasteiger partial charge in [0.1, 0.15) is 6.04 Å². The largest absolute Gasteiger partial charge is 0.363 e. The Hall–Kier alpha value is -3.88. The van der Waals surface area contributed by atoms with Crippen LogP contribution in [0.15, 0.2) is 55.1 Å². The van der Waals surface area contributed by atoms with Crippen LogP contribution in [0.1, 0.15) is 15.9 Å². The van der Waals surface area contributed by atoms with Gasteiger partial charge in [-0.1, -0.05) is 6.07 Å². The molecule has 0 fully saturated rings. The minimum absolute atomic E-state index is 0.106. The van der Waals surface area contributed by atoms with Crippen LogP contribution in [-0.2, 0) is 23.1 Å². The summed E-state index contributed by atoms with van der Waals surface area (Å²) in [5, 5.41) is 6.71. The first-order chi connectivity index (χ1) is 13.5. The number of amides is 2. The molecule has 28 heavy (non-hydrogen) atoms. The maximum Gasteiger partial charge on any atom is 0.287 e. The lowest BCUT2D eigenvalue weighted by molar-refractivity contribution is -0.137. The molecule has 0 aromatic carbocycles. The number of nitrogens with two attached hydrogens (primary N) is 1. The zero-order valence-corrected chi connectivity index (χ0v) is 15.1. The Morgan fingerprint density at radius 1 is 1.14 bits per heavy atom. The van der Waals surface area contributed by atoms with Crippen molar-refractivity contribution in [2.24, 2.45) is 12.8 Å². The lowest BCUT2D eigenvalue weighted by Crippen LogP contribution is -2.47. The number of nitrogens with zero attached hydrogens (tertiary/aromatic N) is 4. The third kappa shape index (κ3) is 4.09. The number of nitrogens with one attached hydrogen (secondary N) is 1. The molecular weight excluding hydrogens is 360 g/mol. The standard InChI is InChI=1S/C19H18N6O3/c1-25-16(14-4-2-3-7-22-14)13(11-23-25)19(28)24-15(17(26)18(20)27)10-12-5-8-21-9-6-12/h2-9,11,15H,10H2,1H3,(H2,20,27)(H,24,28). The van der Waals surface area contributed by atoms with Crippen molar-refractivity contribution < 1.29 is 14.4 Å². The molecule has 3 aromatic heterocycles. The van der Waals surface area contributed by atoms with Gasteiger partial charge in [-0.15, -0.1) is 0 Å². The van der Waals surface area contributed by atoms with Crippen molar-refractivity contribution in [3.8, 4) is 11.4 Å². The number of rotatable bonds is 7. The van der Waals surface area contributed by atoms with Gasteiger partial charge in [-0.25, -0.2) is 0 Å². The summed E-state index contributed by atoms with van der Waals surface area (Å²) in [6.45, 7) is 0. The summed E-state index contributed by atoms with van der Waals surface area (Å²) >= 11 is 0. The molecule has 0 saturated carbocycles. The van der Waals surface area contributed by atoms with Gasteiger partial charge in [0, 0.05) is 32.1 Å². The molecule has 0 aliphatic heterocycles. The second-order valence-electron chi connectivity index (χ2n) is 6.06. The first-order valence-electron chi connectivity index (χ1n) is 8.44. The van der Waals surface area contributed by atoms with E-state index in [2.05, 4.69) is 20.4 Å². The summed E-state index contributed by atoms with van der Waals surface area (Å²) < 4.78 is 1.52. The first-order valence-corrected chi connectivity index (χ1v) is 8.44. The molecule has 3 aromatic rings. The number of aryl methyl sites for hydroxylation is 1. The lowest BCUT2D eigenvalue weighted by Gasteiger charge is -2.16. The number of ketones is 1. The van der Waals surface area contributed by atoms with Crippen LogP contribution in [0.5, 0.6) is 0 Å².